The van der Waals surface area contributed by atoms with Crippen molar-refractivity contribution in [2.45, 2.75) is 6.61 Å². The molecule has 0 unspecified atom stereocenters. The summed E-state index contributed by atoms with van der Waals surface area (Å²) in [6.07, 6.45) is 0. The Balaban J connectivity index is 2.14. The maximum atomic E-state index is 13.3. The van der Waals surface area contributed by atoms with Crippen molar-refractivity contribution in [2.24, 2.45) is 0 Å². The lowest BCUT2D eigenvalue weighted by Crippen LogP contribution is -2.00. The summed E-state index contributed by atoms with van der Waals surface area (Å²) in [6.45, 7) is 0.254. The second-order valence-electron chi connectivity index (χ2n) is 3.68. The first-order valence-electron chi connectivity index (χ1n) is 5.18. The van der Waals surface area contributed by atoms with E-state index in [9.17, 15) is 4.39 Å². The van der Waals surface area contributed by atoms with Crippen LogP contribution in [0.2, 0.25) is 0 Å². The van der Waals surface area contributed by atoms with Gasteiger partial charge in [0.2, 0.25) is 0 Å². The van der Waals surface area contributed by atoms with Crippen molar-refractivity contribution in [1.29, 1.82) is 0 Å². The lowest BCUT2D eigenvalue weighted by Gasteiger charge is -2.10. The molecule has 0 saturated heterocycles. The van der Waals surface area contributed by atoms with Crippen molar-refractivity contribution < 1.29 is 9.13 Å². The molecule has 2 N–H and O–H groups in total. The average Bonchev–Trinajstić information content (AvgIpc) is 2.33. The van der Waals surface area contributed by atoms with Gasteiger partial charge in [-0.25, -0.2) is 4.39 Å². The highest BCUT2D eigenvalue weighted by Crippen LogP contribution is 2.27. The predicted molar refractivity (Wildman–Crippen MR) is 77.0 cm³/mol. The maximum absolute atomic E-state index is 13.3. The standard InChI is InChI=1S/C13H10Br2FNO/c14-9-4-5-12(11(17)6-9)18-7-8-2-1-3-10(16)13(8)15/h1-6H,7,17H2. The van der Waals surface area contributed by atoms with E-state index in [2.05, 4.69) is 31.9 Å². The normalized spacial score (nSPS) is 10.4. The van der Waals surface area contributed by atoms with E-state index >= 15 is 0 Å². The van der Waals surface area contributed by atoms with Crippen molar-refractivity contribution in [3.05, 3.63) is 56.7 Å². The van der Waals surface area contributed by atoms with Gasteiger partial charge in [0.15, 0.2) is 0 Å². The van der Waals surface area contributed by atoms with Crippen LogP contribution in [0.15, 0.2) is 45.3 Å². The molecule has 0 atom stereocenters. The molecule has 2 aromatic rings. The van der Waals surface area contributed by atoms with Crippen molar-refractivity contribution in [3.8, 4) is 5.75 Å². The van der Waals surface area contributed by atoms with Gasteiger partial charge >= 0.3 is 0 Å². The summed E-state index contributed by atoms with van der Waals surface area (Å²) in [4.78, 5) is 0. The molecule has 0 bridgehead atoms. The van der Waals surface area contributed by atoms with Gasteiger partial charge in [0.25, 0.3) is 0 Å². The molecule has 94 valence electrons. The number of nitrogen functional groups attached to an aromatic ring is 1. The Morgan fingerprint density at radius 2 is 1.94 bits per heavy atom. The Bertz CT molecular complexity index is 575. The van der Waals surface area contributed by atoms with Gasteiger partial charge in [0.1, 0.15) is 18.2 Å². The number of hydrogen-bond donors (Lipinski definition) is 1. The first-order chi connectivity index (χ1) is 8.58. The molecule has 2 aromatic carbocycles. The van der Waals surface area contributed by atoms with Crippen LogP contribution in [0.1, 0.15) is 5.56 Å². The molecule has 0 heterocycles. The molecule has 0 aromatic heterocycles. The number of halogens is 3. The van der Waals surface area contributed by atoms with Crippen molar-refractivity contribution in [2.75, 3.05) is 5.73 Å². The van der Waals surface area contributed by atoms with Gasteiger partial charge in [-0.2, -0.15) is 0 Å². The molecule has 2 nitrogen and oxygen atoms in total. The number of benzene rings is 2. The van der Waals surface area contributed by atoms with Crippen LogP contribution in [0.4, 0.5) is 10.1 Å². The summed E-state index contributed by atoms with van der Waals surface area (Å²) in [5.41, 5.74) is 7.09. The highest BCUT2D eigenvalue weighted by atomic mass is 79.9. The molecule has 0 aliphatic rings. The molecular weight excluding hydrogens is 365 g/mol. The molecular formula is C13H10Br2FNO. The molecule has 0 spiro atoms. The Hall–Kier alpha value is -1.07. The van der Waals surface area contributed by atoms with Gasteiger partial charge in [-0.15, -0.1) is 0 Å². The molecule has 5 heteroatoms. The van der Waals surface area contributed by atoms with Crippen LogP contribution in [-0.4, -0.2) is 0 Å². The highest BCUT2D eigenvalue weighted by molar-refractivity contribution is 9.10. The molecule has 2 rings (SSSR count). The van der Waals surface area contributed by atoms with Gasteiger partial charge in [-0.3, -0.25) is 0 Å². The topological polar surface area (TPSA) is 35.2 Å². The van der Waals surface area contributed by atoms with Crippen LogP contribution in [-0.2, 0) is 6.61 Å². The fourth-order valence-electron chi connectivity index (χ4n) is 1.47. The molecule has 0 fully saturated rings. The highest BCUT2D eigenvalue weighted by Gasteiger charge is 2.07. The second-order valence-corrected chi connectivity index (χ2v) is 5.39. The van der Waals surface area contributed by atoms with E-state index in [0.29, 0.717) is 15.9 Å². The van der Waals surface area contributed by atoms with Gasteiger partial charge in [0, 0.05) is 10.0 Å². The number of nitrogens with two attached hydrogens (primary N) is 1. The van der Waals surface area contributed by atoms with E-state index in [4.69, 9.17) is 10.5 Å². The largest absolute Gasteiger partial charge is 0.487 e. The van der Waals surface area contributed by atoms with Crippen molar-refractivity contribution >= 4 is 37.5 Å². The maximum Gasteiger partial charge on any atom is 0.142 e. The van der Waals surface area contributed by atoms with Crippen molar-refractivity contribution in [1.82, 2.24) is 0 Å². The second kappa shape index (κ2) is 5.71. The molecule has 0 aliphatic heterocycles. The Morgan fingerprint density at radius 3 is 2.67 bits per heavy atom. The Morgan fingerprint density at radius 1 is 1.17 bits per heavy atom. The number of anilines is 1. The van der Waals surface area contributed by atoms with E-state index in [-0.39, 0.29) is 12.4 Å². The monoisotopic (exact) mass is 373 g/mol. The first-order valence-corrected chi connectivity index (χ1v) is 6.77. The van der Waals surface area contributed by atoms with E-state index in [1.165, 1.54) is 6.07 Å². The third-order valence-electron chi connectivity index (χ3n) is 2.39. The summed E-state index contributed by atoms with van der Waals surface area (Å²) in [5, 5.41) is 0. The molecule has 0 saturated carbocycles. The minimum atomic E-state index is -0.306. The van der Waals surface area contributed by atoms with E-state index in [1.54, 1.807) is 24.3 Å². The number of hydrogen-bond acceptors (Lipinski definition) is 2. The van der Waals surface area contributed by atoms with Crippen LogP contribution in [0, 0.1) is 5.82 Å². The first kappa shape index (κ1) is 13.4. The molecule has 0 radical (unpaired) electrons. The van der Waals surface area contributed by atoms with Crippen LogP contribution >= 0.6 is 31.9 Å². The molecule has 0 amide bonds. The minimum Gasteiger partial charge on any atom is -0.487 e. The zero-order valence-electron chi connectivity index (χ0n) is 9.29. The lowest BCUT2D eigenvalue weighted by molar-refractivity contribution is 0.306. The molecule has 0 aliphatic carbocycles. The van der Waals surface area contributed by atoms with E-state index in [0.717, 1.165) is 10.0 Å². The van der Waals surface area contributed by atoms with Crippen LogP contribution in [0.25, 0.3) is 0 Å². The van der Waals surface area contributed by atoms with Crippen LogP contribution in [0.5, 0.6) is 5.75 Å². The zero-order chi connectivity index (χ0) is 13.1. The smallest absolute Gasteiger partial charge is 0.142 e. The van der Waals surface area contributed by atoms with Gasteiger partial charge in [0.05, 0.1) is 10.2 Å². The third-order valence-corrected chi connectivity index (χ3v) is 3.77. The number of rotatable bonds is 3. The fourth-order valence-corrected chi connectivity index (χ4v) is 2.22. The lowest BCUT2D eigenvalue weighted by atomic mass is 10.2. The minimum absolute atomic E-state index is 0.254. The summed E-state index contributed by atoms with van der Waals surface area (Å²) >= 11 is 6.51. The predicted octanol–water partition coefficient (Wildman–Crippen LogP) is 4.51. The van der Waals surface area contributed by atoms with Crippen LogP contribution in [0.3, 0.4) is 0 Å². The van der Waals surface area contributed by atoms with Gasteiger partial charge in [-0.05, 0) is 40.2 Å². The summed E-state index contributed by atoms with van der Waals surface area (Å²) in [6, 6.07) is 10.2. The van der Waals surface area contributed by atoms with Crippen LogP contribution < -0.4 is 10.5 Å². The number of ether oxygens (including phenoxy) is 1. The fraction of sp³-hybridized carbons (Fsp3) is 0.0769. The SMILES string of the molecule is Nc1cc(Br)ccc1OCc1cccc(F)c1Br. The average molecular weight is 375 g/mol. The van der Waals surface area contributed by atoms with E-state index < -0.39 is 0 Å². The summed E-state index contributed by atoms with van der Waals surface area (Å²) in [7, 11) is 0. The van der Waals surface area contributed by atoms with Gasteiger partial charge in [-0.1, -0.05) is 28.1 Å². The zero-order valence-corrected chi connectivity index (χ0v) is 12.5. The Kier molecular flexibility index (Phi) is 4.24. The summed E-state index contributed by atoms with van der Waals surface area (Å²) < 4.78 is 20.2. The summed E-state index contributed by atoms with van der Waals surface area (Å²) in [5.74, 6) is 0.272. The molecule has 18 heavy (non-hydrogen) atoms. The van der Waals surface area contributed by atoms with E-state index in [1.807, 2.05) is 6.07 Å². The Labute approximate surface area is 121 Å². The quantitative estimate of drug-likeness (QED) is 0.802. The van der Waals surface area contributed by atoms with Crippen molar-refractivity contribution in [3.63, 3.8) is 0 Å². The third kappa shape index (κ3) is 3.03. The van der Waals surface area contributed by atoms with Gasteiger partial charge < -0.3 is 10.5 Å².